The highest BCUT2D eigenvalue weighted by atomic mass is 32.1. The molecule has 160 valence electrons. The lowest BCUT2D eigenvalue weighted by atomic mass is 10.1. The molecule has 0 saturated heterocycles. The smallest absolute Gasteiger partial charge is 0.335 e. The highest BCUT2D eigenvalue weighted by Gasteiger charge is 2.15. The second-order valence-electron chi connectivity index (χ2n) is 7.07. The van der Waals surface area contributed by atoms with Crippen molar-refractivity contribution in [2.75, 3.05) is 5.32 Å². The standard InChI is InChI=1S/C25H27N3O2S/c1-4-7-8-10-19-15-16-22(31-19)24-27-21(6-3)20(9-5-2)23(28-24)26-18-13-11-17(12-14-18)25(29)30/h5,8,10-16H,2,4,6-7,9H2,1,3H3,(H,29,30)(H,26,27,28). The molecule has 0 atom stereocenters. The lowest BCUT2D eigenvalue weighted by Crippen LogP contribution is -2.07. The molecule has 2 N–H and O–H groups in total. The molecule has 0 amide bonds. The molecule has 31 heavy (non-hydrogen) atoms. The van der Waals surface area contributed by atoms with Crippen molar-refractivity contribution in [3.8, 4) is 10.7 Å². The summed E-state index contributed by atoms with van der Waals surface area (Å²) < 4.78 is 0. The Morgan fingerprint density at radius 1 is 1.16 bits per heavy atom. The van der Waals surface area contributed by atoms with E-state index >= 15 is 0 Å². The van der Waals surface area contributed by atoms with Gasteiger partial charge in [0, 0.05) is 21.8 Å². The predicted octanol–water partition coefficient (Wildman–Crippen LogP) is 6.75. The molecule has 0 saturated carbocycles. The van der Waals surface area contributed by atoms with Gasteiger partial charge in [-0.2, -0.15) is 0 Å². The molecule has 0 unspecified atom stereocenters. The number of carboxylic acid groups (broad SMARTS) is 1. The van der Waals surface area contributed by atoms with Crippen LogP contribution in [0.5, 0.6) is 0 Å². The van der Waals surface area contributed by atoms with Crippen LogP contribution in [0.3, 0.4) is 0 Å². The summed E-state index contributed by atoms with van der Waals surface area (Å²) in [5.74, 6) is 0.466. The van der Waals surface area contributed by atoms with Crippen LogP contribution in [-0.4, -0.2) is 21.0 Å². The summed E-state index contributed by atoms with van der Waals surface area (Å²) in [6.07, 6.45) is 9.80. The summed E-state index contributed by atoms with van der Waals surface area (Å²) in [5.41, 5.74) is 3.00. The van der Waals surface area contributed by atoms with Crippen molar-refractivity contribution >= 4 is 34.9 Å². The van der Waals surface area contributed by atoms with Crippen LogP contribution in [0, 0.1) is 0 Å². The van der Waals surface area contributed by atoms with Crippen molar-refractivity contribution < 1.29 is 9.90 Å². The van der Waals surface area contributed by atoms with Crippen molar-refractivity contribution in [3.05, 3.63) is 76.8 Å². The van der Waals surface area contributed by atoms with Gasteiger partial charge < -0.3 is 10.4 Å². The van der Waals surface area contributed by atoms with E-state index in [1.165, 1.54) is 4.88 Å². The van der Waals surface area contributed by atoms with Gasteiger partial charge in [-0.3, -0.25) is 0 Å². The fourth-order valence-corrected chi connectivity index (χ4v) is 4.03. The van der Waals surface area contributed by atoms with Crippen LogP contribution in [0.1, 0.15) is 53.2 Å². The van der Waals surface area contributed by atoms with Gasteiger partial charge >= 0.3 is 5.97 Å². The Hall–Kier alpha value is -3.25. The number of nitrogens with one attached hydrogen (secondary N) is 1. The van der Waals surface area contributed by atoms with Gasteiger partial charge in [-0.05, 0) is 61.7 Å². The first-order chi connectivity index (χ1) is 15.0. The first-order valence-corrected chi connectivity index (χ1v) is 11.2. The first kappa shape index (κ1) is 22.4. The molecular weight excluding hydrogens is 406 g/mol. The summed E-state index contributed by atoms with van der Waals surface area (Å²) >= 11 is 1.67. The molecule has 0 aliphatic carbocycles. The molecule has 0 aliphatic rings. The van der Waals surface area contributed by atoms with E-state index in [9.17, 15) is 4.79 Å². The van der Waals surface area contributed by atoms with Crippen molar-refractivity contribution in [3.63, 3.8) is 0 Å². The number of benzene rings is 1. The Balaban J connectivity index is 1.98. The number of hydrogen-bond donors (Lipinski definition) is 2. The Bertz CT molecular complexity index is 1080. The molecule has 0 fully saturated rings. The third-order valence-electron chi connectivity index (χ3n) is 4.76. The maximum absolute atomic E-state index is 11.1. The van der Waals surface area contributed by atoms with Gasteiger partial charge in [0.15, 0.2) is 5.82 Å². The molecule has 1 aromatic carbocycles. The fourth-order valence-electron chi connectivity index (χ4n) is 3.16. The summed E-state index contributed by atoms with van der Waals surface area (Å²) in [6.45, 7) is 8.12. The average molecular weight is 434 g/mol. The second kappa shape index (κ2) is 10.7. The number of carbonyl (C=O) groups is 1. The molecule has 0 bridgehead atoms. The Morgan fingerprint density at radius 2 is 1.94 bits per heavy atom. The lowest BCUT2D eigenvalue weighted by Gasteiger charge is -2.15. The number of aryl methyl sites for hydroxylation is 1. The lowest BCUT2D eigenvalue weighted by molar-refractivity contribution is 0.0697. The van der Waals surface area contributed by atoms with E-state index in [4.69, 9.17) is 15.1 Å². The minimum Gasteiger partial charge on any atom is -0.478 e. The normalized spacial score (nSPS) is 11.0. The van der Waals surface area contributed by atoms with E-state index in [1.54, 1.807) is 35.6 Å². The molecule has 2 heterocycles. The Labute approximate surface area is 187 Å². The number of carboxylic acids is 1. The molecule has 2 aromatic heterocycles. The fraction of sp³-hybridized carbons (Fsp3) is 0.240. The summed E-state index contributed by atoms with van der Waals surface area (Å²) in [4.78, 5) is 23.0. The van der Waals surface area contributed by atoms with Gasteiger partial charge in [0.2, 0.25) is 0 Å². The number of hydrogen-bond acceptors (Lipinski definition) is 5. The maximum Gasteiger partial charge on any atom is 0.335 e. The molecule has 6 heteroatoms. The Kier molecular flexibility index (Phi) is 7.73. The van der Waals surface area contributed by atoms with Crippen LogP contribution in [0.25, 0.3) is 16.8 Å². The molecule has 3 rings (SSSR count). The molecular formula is C25H27N3O2S. The average Bonchev–Trinajstić information content (AvgIpc) is 3.24. The van der Waals surface area contributed by atoms with E-state index in [-0.39, 0.29) is 5.56 Å². The van der Waals surface area contributed by atoms with Crippen LogP contribution in [0.4, 0.5) is 11.5 Å². The largest absolute Gasteiger partial charge is 0.478 e. The zero-order chi connectivity index (χ0) is 22.2. The number of nitrogens with zero attached hydrogens (tertiary/aromatic N) is 2. The van der Waals surface area contributed by atoms with E-state index in [1.807, 2.05) is 6.08 Å². The van der Waals surface area contributed by atoms with E-state index in [0.717, 1.165) is 46.9 Å². The van der Waals surface area contributed by atoms with Gasteiger partial charge in [0.1, 0.15) is 5.82 Å². The quantitative estimate of drug-likeness (QED) is 0.346. The monoisotopic (exact) mass is 433 g/mol. The number of aromatic nitrogens is 2. The zero-order valence-corrected chi connectivity index (χ0v) is 18.7. The van der Waals surface area contributed by atoms with Crippen LogP contribution in [-0.2, 0) is 12.8 Å². The molecule has 5 nitrogen and oxygen atoms in total. The van der Waals surface area contributed by atoms with Crippen LogP contribution in [0.2, 0.25) is 0 Å². The van der Waals surface area contributed by atoms with Crippen LogP contribution >= 0.6 is 11.3 Å². The van der Waals surface area contributed by atoms with Crippen molar-refractivity contribution in [1.29, 1.82) is 0 Å². The zero-order valence-electron chi connectivity index (χ0n) is 17.9. The molecule has 3 aromatic rings. The topological polar surface area (TPSA) is 75.1 Å². The number of thiophene rings is 1. The number of allylic oxidation sites excluding steroid dienone is 2. The molecule has 0 aliphatic heterocycles. The first-order valence-electron chi connectivity index (χ1n) is 10.4. The number of rotatable bonds is 10. The minimum atomic E-state index is -0.946. The molecule has 0 spiro atoms. The van der Waals surface area contributed by atoms with Crippen LogP contribution < -0.4 is 5.32 Å². The minimum absolute atomic E-state index is 0.247. The summed E-state index contributed by atoms with van der Waals surface area (Å²) in [6, 6.07) is 10.8. The van der Waals surface area contributed by atoms with Gasteiger partial charge in [-0.1, -0.05) is 32.4 Å². The van der Waals surface area contributed by atoms with Gasteiger partial charge in [-0.25, -0.2) is 14.8 Å². The van der Waals surface area contributed by atoms with E-state index in [0.29, 0.717) is 12.2 Å². The van der Waals surface area contributed by atoms with E-state index < -0.39 is 5.97 Å². The van der Waals surface area contributed by atoms with Gasteiger partial charge in [-0.15, -0.1) is 17.9 Å². The van der Waals surface area contributed by atoms with Crippen molar-refractivity contribution in [1.82, 2.24) is 9.97 Å². The highest BCUT2D eigenvalue weighted by molar-refractivity contribution is 7.16. The predicted molar refractivity (Wildman–Crippen MR) is 129 cm³/mol. The second-order valence-corrected chi connectivity index (χ2v) is 8.18. The van der Waals surface area contributed by atoms with E-state index in [2.05, 4.69) is 50.0 Å². The highest BCUT2D eigenvalue weighted by Crippen LogP contribution is 2.31. The maximum atomic E-state index is 11.1. The van der Waals surface area contributed by atoms with Crippen LogP contribution in [0.15, 0.2) is 55.1 Å². The van der Waals surface area contributed by atoms with Gasteiger partial charge in [0.25, 0.3) is 0 Å². The summed E-state index contributed by atoms with van der Waals surface area (Å²) in [7, 11) is 0. The third kappa shape index (κ3) is 5.67. The number of anilines is 2. The Morgan fingerprint density at radius 3 is 2.58 bits per heavy atom. The third-order valence-corrected chi connectivity index (χ3v) is 5.80. The number of aromatic carboxylic acids is 1. The van der Waals surface area contributed by atoms with Crippen molar-refractivity contribution in [2.45, 2.75) is 39.5 Å². The van der Waals surface area contributed by atoms with Crippen molar-refractivity contribution in [2.24, 2.45) is 0 Å². The summed E-state index contributed by atoms with van der Waals surface area (Å²) in [5, 5.41) is 12.5. The van der Waals surface area contributed by atoms with Gasteiger partial charge in [0.05, 0.1) is 10.4 Å². The molecule has 0 radical (unpaired) electrons. The SMILES string of the molecule is C=CCc1c(CC)nc(-c2ccc(C=CCCC)s2)nc1Nc1ccc(C(=O)O)cc1. The number of unbranched alkanes of at least 4 members (excludes halogenated alkanes) is 1.